The van der Waals surface area contributed by atoms with Gasteiger partial charge in [-0.2, -0.15) is 0 Å². The summed E-state index contributed by atoms with van der Waals surface area (Å²) in [6.07, 6.45) is 2.12. The summed E-state index contributed by atoms with van der Waals surface area (Å²) in [7, 11) is 0. The Balaban J connectivity index is 0.893. The number of anilines is 1. The second-order valence-corrected chi connectivity index (χ2v) is 23.8. The van der Waals surface area contributed by atoms with Crippen molar-refractivity contribution in [2.24, 2.45) is 0 Å². The van der Waals surface area contributed by atoms with Gasteiger partial charge in [-0.3, -0.25) is 0 Å². The first-order valence-electron chi connectivity index (χ1n) is 24.9. The van der Waals surface area contributed by atoms with E-state index in [1.807, 2.05) is 65.8 Å². The monoisotopic (exact) mass is 929 g/mol. The molecule has 11 rings (SSSR count). The van der Waals surface area contributed by atoms with E-state index in [1.54, 1.807) is 6.07 Å². The van der Waals surface area contributed by atoms with Gasteiger partial charge in [0.05, 0.1) is 16.5 Å². The number of rotatable bonds is 6. The molecule has 0 fully saturated rings. The zero-order valence-electron chi connectivity index (χ0n) is 42.7. The third-order valence-corrected chi connectivity index (χ3v) is 15.1. The van der Waals surface area contributed by atoms with Gasteiger partial charge in [-0.25, -0.2) is 9.59 Å². The maximum atomic E-state index is 13.9. The first-order chi connectivity index (χ1) is 32.9. The maximum absolute atomic E-state index is 13.9. The fraction of sp³-hybridized carbons (Fsp3) is 0.333. The highest BCUT2D eigenvalue weighted by atomic mass is 16.5. The van der Waals surface area contributed by atoms with Gasteiger partial charge >= 0.3 is 11.3 Å². The van der Waals surface area contributed by atoms with Crippen molar-refractivity contribution in [1.29, 1.82) is 0 Å². The Kier molecular flexibility index (Phi) is 10.1. The first-order valence-corrected chi connectivity index (χ1v) is 24.9. The zero-order valence-corrected chi connectivity index (χ0v) is 42.7. The van der Waals surface area contributed by atoms with Crippen LogP contribution in [0.4, 0.5) is 5.69 Å². The summed E-state index contributed by atoms with van der Waals surface area (Å²) in [6.45, 7) is 27.8. The molecule has 7 heteroatoms. The first kappa shape index (κ1) is 45.6. The van der Waals surface area contributed by atoms with Crippen LogP contribution in [0.1, 0.15) is 118 Å². The smallest absolute Gasteiger partial charge is 0.344 e. The zero-order chi connectivity index (χ0) is 49.4. The lowest BCUT2D eigenvalue weighted by Crippen LogP contribution is -2.44. The molecule has 6 aromatic carbocycles. The summed E-state index contributed by atoms with van der Waals surface area (Å²) >= 11 is 0. The summed E-state index contributed by atoms with van der Waals surface area (Å²) in [4.78, 5) is 30.2. The maximum Gasteiger partial charge on any atom is 0.344 e. The Labute approximate surface area is 411 Å². The van der Waals surface area contributed by atoms with Gasteiger partial charge in [-0.1, -0.05) is 108 Å². The minimum absolute atomic E-state index is 0.0303. The Hall–Kier alpha value is -6.86. The molecular weight excluding hydrogens is 867 g/mol. The van der Waals surface area contributed by atoms with Crippen LogP contribution in [0, 0.1) is 0 Å². The predicted molar refractivity (Wildman–Crippen MR) is 286 cm³/mol. The van der Waals surface area contributed by atoms with Crippen LogP contribution in [0.5, 0.6) is 11.5 Å². The van der Waals surface area contributed by atoms with E-state index in [9.17, 15) is 9.59 Å². The van der Waals surface area contributed by atoms with E-state index in [-0.39, 0.29) is 21.9 Å². The summed E-state index contributed by atoms with van der Waals surface area (Å²) in [6, 6.07) is 39.8. The molecule has 0 radical (unpaired) electrons. The van der Waals surface area contributed by atoms with E-state index in [0.29, 0.717) is 33.6 Å². The molecule has 0 N–H and O–H groups in total. The molecule has 2 aromatic heterocycles. The van der Waals surface area contributed by atoms with E-state index in [0.717, 1.165) is 70.3 Å². The third-order valence-electron chi connectivity index (χ3n) is 15.1. The summed E-state index contributed by atoms with van der Waals surface area (Å²) in [5.41, 5.74) is 14.8. The van der Waals surface area contributed by atoms with Crippen LogP contribution in [-0.2, 0) is 16.2 Å². The molecule has 0 spiro atoms. The standard InChI is InChI=1S/C63H63NO6/c1-59(2,3)69-43-33-52-48(53(34-43)70-60(4,5)6)35-47(57(65)67-52)41-15-13-14-38(28-41)40-21-23-45-44-22-20-39(30-49(44)63(11,12)50(45)31-40)36-16-18-37(19-17-36)46-29-42-32-51-55-54(56(42)68-58(46)66)62(9,10)25-27-64(55)26-24-61(51,7)8/h13-23,28-35H,24-27H2,1-12H3. The molecule has 0 saturated carbocycles. The van der Waals surface area contributed by atoms with Crippen LogP contribution in [-0.4, -0.2) is 24.3 Å². The predicted octanol–water partition coefficient (Wildman–Crippen LogP) is 15.4. The molecular formula is C63H63NO6. The number of ether oxygens (including phenoxy) is 2. The highest BCUT2D eigenvalue weighted by Gasteiger charge is 2.42. The van der Waals surface area contributed by atoms with Gasteiger partial charge in [0.1, 0.15) is 33.9 Å². The summed E-state index contributed by atoms with van der Waals surface area (Å²) in [5, 5.41) is 1.70. The number of hydrogen-bond donors (Lipinski definition) is 0. The van der Waals surface area contributed by atoms with Crippen molar-refractivity contribution in [3.05, 3.63) is 158 Å². The lowest BCUT2D eigenvalue weighted by molar-refractivity contribution is 0.122. The molecule has 0 saturated heterocycles. The van der Waals surface area contributed by atoms with Crippen molar-refractivity contribution in [1.82, 2.24) is 0 Å². The Morgan fingerprint density at radius 1 is 0.514 bits per heavy atom. The van der Waals surface area contributed by atoms with Crippen LogP contribution >= 0.6 is 0 Å². The van der Waals surface area contributed by atoms with Crippen LogP contribution in [0.3, 0.4) is 0 Å². The minimum atomic E-state index is -0.494. The van der Waals surface area contributed by atoms with Gasteiger partial charge in [0.25, 0.3) is 0 Å². The third kappa shape index (κ3) is 7.73. The van der Waals surface area contributed by atoms with Crippen LogP contribution in [0.2, 0.25) is 0 Å². The van der Waals surface area contributed by atoms with Crippen molar-refractivity contribution in [3.63, 3.8) is 0 Å². The van der Waals surface area contributed by atoms with Crippen LogP contribution in [0.15, 0.2) is 134 Å². The lowest BCUT2D eigenvalue weighted by Gasteiger charge is -2.48. The second kappa shape index (κ2) is 15.6. The molecule has 1 aliphatic carbocycles. The Morgan fingerprint density at radius 3 is 1.73 bits per heavy atom. The second-order valence-electron chi connectivity index (χ2n) is 23.8. The molecule has 0 atom stereocenters. The van der Waals surface area contributed by atoms with Gasteiger partial charge in [-0.05, 0) is 163 Å². The van der Waals surface area contributed by atoms with Gasteiger partial charge in [0.2, 0.25) is 0 Å². The van der Waals surface area contributed by atoms with E-state index in [4.69, 9.17) is 18.3 Å². The summed E-state index contributed by atoms with van der Waals surface area (Å²) in [5.74, 6) is 1.16. The van der Waals surface area contributed by atoms with E-state index < -0.39 is 16.8 Å². The molecule has 356 valence electrons. The fourth-order valence-electron chi connectivity index (χ4n) is 11.3. The normalized spacial score (nSPS) is 16.5. The Bertz CT molecular complexity index is 3590. The SMILES string of the molecule is CC(C)(C)Oc1cc(OC(C)(C)C)c2cc(-c3cccc(-c4ccc5c(c4)C(C)(C)c4cc(-c6ccc(-c7cc8cc9c%10c(c8oc7=O)C(C)(C)CCN%10CCC9(C)C)cc6)ccc4-5)c3)c(=O)oc2c1. The molecule has 7 nitrogen and oxygen atoms in total. The van der Waals surface area contributed by atoms with Crippen LogP contribution < -0.4 is 25.6 Å². The van der Waals surface area contributed by atoms with Crippen molar-refractivity contribution in [2.75, 3.05) is 18.0 Å². The van der Waals surface area contributed by atoms with Gasteiger partial charge in [0, 0.05) is 47.3 Å². The molecule has 2 aliphatic heterocycles. The van der Waals surface area contributed by atoms with Crippen molar-refractivity contribution < 1.29 is 18.3 Å². The largest absolute Gasteiger partial charge is 0.488 e. The van der Waals surface area contributed by atoms with Gasteiger partial charge in [0.15, 0.2) is 0 Å². The molecule has 8 aromatic rings. The number of benzene rings is 6. The van der Waals surface area contributed by atoms with Crippen molar-refractivity contribution in [2.45, 2.75) is 123 Å². The molecule has 70 heavy (non-hydrogen) atoms. The van der Waals surface area contributed by atoms with E-state index in [1.165, 1.54) is 39.1 Å². The van der Waals surface area contributed by atoms with Crippen molar-refractivity contribution in [3.8, 4) is 67.1 Å². The number of fused-ring (bicyclic) bond motifs is 6. The topological polar surface area (TPSA) is 82.1 Å². The Morgan fingerprint density at radius 2 is 1.07 bits per heavy atom. The van der Waals surface area contributed by atoms with E-state index in [2.05, 4.69) is 131 Å². The quantitative estimate of drug-likeness (QED) is 0.154. The molecule has 0 unspecified atom stereocenters. The fourth-order valence-corrected chi connectivity index (χ4v) is 11.3. The lowest BCUT2D eigenvalue weighted by atomic mass is 9.69. The average Bonchev–Trinajstić information content (AvgIpc) is 3.51. The molecule has 3 aliphatic rings. The van der Waals surface area contributed by atoms with Crippen molar-refractivity contribution >= 4 is 27.6 Å². The molecule has 0 amide bonds. The molecule has 4 heterocycles. The van der Waals surface area contributed by atoms with Gasteiger partial charge in [-0.15, -0.1) is 0 Å². The number of hydrogen-bond acceptors (Lipinski definition) is 7. The van der Waals surface area contributed by atoms with Crippen LogP contribution in [0.25, 0.3) is 77.6 Å². The van der Waals surface area contributed by atoms with Gasteiger partial charge < -0.3 is 23.2 Å². The number of nitrogens with zero attached hydrogens (tertiary/aromatic N) is 1. The summed E-state index contributed by atoms with van der Waals surface area (Å²) < 4.78 is 25.0. The minimum Gasteiger partial charge on any atom is -0.488 e. The highest BCUT2D eigenvalue weighted by Crippen LogP contribution is 2.53. The van der Waals surface area contributed by atoms with E-state index >= 15 is 0 Å². The highest BCUT2D eigenvalue weighted by molar-refractivity contribution is 5.93. The average molecular weight is 930 g/mol. The molecule has 0 bridgehead atoms.